The molecule has 1 amide bonds. The Hall–Kier alpha value is -2.95. The van der Waals surface area contributed by atoms with Gasteiger partial charge in [-0.05, 0) is 89.3 Å². The van der Waals surface area contributed by atoms with E-state index in [1.165, 1.54) is 12.1 Å². The first-order valence-electron chi connectivity index (χ1n) is 12.1. The van der Waals surface area contributed by atoms with Crippen molar-refractivity contribution >= 4 is 11.8 Å². The van der Waals surface area contributed by atoms with Gasteiger partial charge in [-0.1, -0.05) is 30.4 Å². The zero-order valence-corrected chi connectivity index (χ0v) is 20.1. The van der Waals surface area contributed by atoms with Gasteiger partial charge in [0, 0.05) is 30.9 Å². The van der Waals surface area contributed by atoms with Crippen molar-refractivity contribution < 1.29 is 14.3 Å². The SMILES string of the molecule is CC(C)(C)OC(=O)N1CCC(N(c2ccc(Oc3ccccc3)cc2)C2C=CCCC2)CC1. The maximum absolute atomic E-state index is 12.5. The molecule has 1 atom stereocenters. The number of allylic oxidation sites excluding steroid dienone is 1. The summed E-state index contributed by atoms with van der Waals surface area (Å²) in [6.07, 6.45) is 9.87. The molecule has 0 N–H and O–H groups in total. The molecule has 0 saturated carbocycles. The van der Waals surface area contributed by atoms with Gasteiger partial charge in [-0.2, -0.15) is 0 Å². The van der Waals surface area contributed by atoms with Crippen LogP contribution in [-0.4, -0.2) is 41.8 Å². The van der Waals surface area contributed by atoms with Crippen molar-refractivity contribution in [1.29, 1.82) is 0 Å². The smallest absolute Gasteiger partial charge is 0.410 e. The molecule has 1 unspecified atom stereocenters. The third-order valence-corrected chi connectivity index (χ3v) is 6.21. The second-order valence-corrected chi connectivity index (χ2v) is 9.94. The molecular formula is C28H36N2O3. The number of rotatable bonds is 5. The van der Waals surface area contributed by atoms with Gasteiger partial charge in [-0.3, -0.25) is 0 Å². The lowest BCUT2D eigenvalue weighted by atomic mass is 9.95. The fourth-order valence-corrected chi connectivity index (χ4v) is 4.66. The van der Waals surface area contributed by atoms with Gasteiger partial charge in [0.05, 0.1) is 0 Å². The van der Waals surface area contributed by atoms with Gasteiger partial charge in [0.15, 0.2) is 0 Å². The standard InChI is InChI=1S/C28H36N2O3/c1-28(2,3)33-27(31)29-20-18-24(19-21-29)30(22-10-6-4-7-11-22)23-14-16-26(17-15-23)32-25-12-8-5-9-13-25/h5-6,8-10,12-17,22,24H,4,7,11,18-21H2,1-3H3. The van der Waals surface area contributed by atoms with Crippen LogP contribution in [0.2, 0.25) is 0 Å². The van der Waals surface area contributed by atoms with Gasteiger partial charge in [-0.15, -0.1) is 0 Å². The number of anilines is 1. The van der Waals surface area contributed by atoms with Crippen LogP contribution in [-0.2, 0) is 4.74 Å². The summed E-state index contributed by atoms with van der Waals surface area (Å²) in [6, 6.07) is 19.1. The molecule has 2 aliphatic rings. The zero-order valence-electron chi connectivity index (χ0n) is 20.1. The molecule has 33 heavy (non-hydrogen) atoms. The summed E-state index contributed by atoms with van der Waals surface area (Å²) in [6.45, 7) is 7.20. The average Bonchev–Trinajstić information content (AvgIpc) is 2.81. The number of hydrogen-bond donors (Lipinski definition) is 0. The molecule has 0 spiro atoms. The number of hydrogen-bond acceptors (Lipinski definition) is 4. The van der Waals surface area contributed by atoms with Crippen molar-refractivity contribution in [2.75, 3.05) is 18.0 Å². The van der Waals surface area contributed by atoms with Crippen LogP contribution in [0.3, 0.4) is 0 Å². The summed E-state index contributed by atoms with van der Waals surface area (Å²) >= 11 is 0. The monoisotopic (exact) mass is 448 g/mol. The van der Waals surface area contributed by atoms with E-state index in [-0.39, 0.29) is 6.09 Å². The van der Waals surface area contributed by atoms with Crippen LogP contribution in [0, 0.1) is 0 Å². The Labute approximate surface area is 198 Å². The Kier molecular flexibility index (Phi) is 7.26. The number of carbonyl (C=O) groups is 1. The first-order chi connectivity index (χ1) is 15.9. The maximum Gasteiger partial charge on any atom is 0.410 e. The van der Waals surface area contributed by atoms with E-state index < -0.39 is 5.60 Å². The highest BCUT2D eigenvalue weighted by molar-refractivity contribution is 5.68. The molecule has 0 radical (unpaired) electrons. The Balaban J connectivity index is 1.46. The molecule has 1 aliphatic heterocycles. The molecule has 1 fully saturated rings. The van der Waals surface area contributed by atoms with Crippen molar-refractivity contribution in [3.05, 3.63) is 66.7 Å². The molecule has 5 nitrogen and oxygen atoms in total. The number of nitrogens with zero attached hydrogens (tertiary/aromatic N) is 2. The van der Waals surface area contributed by atoms with Gasteiger partial charge >= 0.3 is 6.09 Å². The van der Waals surface area contributed by atoms with Crippen LogP contribution in [0.15, 0.2) is 66.7 Å². The van der Waals surface area contributed by atoms with Crippen LogP contribution in [0.25, 0.3) is 0 Å². The van der Waals surface area contributed by atoms with Gasteiger partial charge in [0.1, 0.15) is 17.1 Å². The molecule has 176 valence electrons. The molecule has 4 rings (SSSR count). The molecule has 5 heteroatoms. The van der Waals surface area contributed by atoms with E-state index in [9.17, 15) is 4.79 Å². The number of benzene rings is 2. The minimum atomic E-state index is -0.462. The van der Waals surface area contributed by atoms with Gasteiger partial charge < -0.3 is 19.3 Å². The van der Waals surface area contributed by atoms with Crippen molar-refractivity contribution in [2.45, 2.75) is 70.6 Å². The minimum Gasteiger partial charge on any atom is -0.457 e. The van der Waals surface area contributed by atoms with E-state index in [0.717, 1.165) is 50.3 Å². The predicted molar refractivity (Wildman–Crippen MR) is 133 cm³/mol. The van der Waals surface area contributed by atoms with E-state index >= 15 is 0 Å². The lowest BCUT2D eigenvalue weighted by Gasteiger charge is -2.44. The van der Waals surface area contributed by atoms with Crippen molar-refractivity contribution in [2.24, 2.45) is 0 Å². The molecule has 1 aliphatic carbocycles. The first-order valence-corrected chi connectivity index (χ1v) is 12.1. The fraction of sp³-hybridized carbons (Fsp3) is 0.464. The van der Waals surface area contributed by atoms with Gasteiger partial charge in [0.25, 0.3) is 0 Å². The quantitative estimate of drug-likeness (QED) is 0.472. The van der Waals surface area contributed by atoms with E-state index in [1.54, 1.807) is 0 Å². The number of likely N-dealkylation sites (tertiary alicyclic amines) is 1. The Morgan fingerprint density at radius 1 is 0.939 bits per heavy atom. The number of piperidine rings is 1. The molecular weight excluding hydrogens is 412 g/mol. The Morgan fingerprint density at radius 3 is 2.21 bits per heavy atom. The summed E-state index contributed by atoms with van der Waals surface area (Å²) in [5, 5.41) is 0. The zero-order chi connectivity index (χ0) is 23.3. The first kappa shape index (κ1) is 23.2. The molecule has 1 heterocycles. The number of carbonyl (C=O) groups excluding carboxylic acids is 1. The highest BCUT2D eigenvalue weighted by Crippen LogP contribution is 2.32. The second-order valence-electron chi connectivity index (χ2n) is 9.94. The lowest BCUT2D eigenvalue weighted by Crippen LogP contribution is -2.51. The lowest BCUT2D eigenvalue weighted by molar-refractivity contribution is 0.0203. The summed E-state index contributed by atoms with van der Waals surface area (Å²) in [5.41, 5.74) is 0.749. The Bertz CT molecular complexity index is 926. The summed E-state index contributed by atoms with van der Waals surface area (Å²) in [5.74, 6) is 1.68. The van der Waals surface area contributed by atoms with E-state index in [0.29, 0.717) is 12.1 Å². The fourth-order valence-electron chi connectivity index (χ4n) is 4.66. The number of ether oxygens (including phenoxy) is 2. The highest BCUT2D eigenvalue weighted by Gasteiger charge is 2.32. The highest BCUT2D eigenvalue weighted by atomic mass is 16.6. The maximum atomic E-state index is 12.5. The van der Waals surface area contributed by atoms with Gasteiger partial charge in [0.2, 0.25) is 0 Å². The van der Waals surface area contributed by atoms with E-state index in [2.05, 4.69) is 41.3 Å². The molecule has 0 bridgehead atoms. The summed E-state index contributed by atoms with van der Waals surface area (Å²) < 4.78 is 11.6. The van der Waals surface area contributed by atoms with Crippen LogP contribution in [0.5, 0.6) is 11.5 Å². The van der Waals surface area contributed by atoms with Crippen LogP contribution < -0.4 is 9.64 Å². The molecule has 2 aromatic carbocycles. The Morgan fingerprint density at radius 2 is 1.61 bits per heavy atom. The van der Waals surface area contributed by atoms with Crippen molar-refractivity contribution in [3.63, 3.8) is 0 Å². The predicted octanol–water partition coefficient (Wildman–Crippen LogP) is 6.79. The molecule has 0 aromatic heterocycles. The van der Waals surface area contributed by atoms with Crippen LogP contribution in [0.1, 0.15) is 52.9 Å². The minimum absolute atomic E-state index is 0.201. The summed E-state index contributed by atoms with van der Waals surface area (Å²) in [7, 11) is 0. The largest absolute Gasteiger partial charge is 0.457 e. The van der Waals surface area contributed by atoms with Crippen molar-refractivity contribution in [1.82, 2.24) is 4.90 Å². The normalized spacial score (nSPS) is 19.2. The van der Waals surface area contributed by atoms with Crippen LogP contribution >= 0.6 is 0 Å². The topological polar surface area (TPSA) is 42.0 Å². The third-order valence-electron chi connectivity index (χ3n) is 6.21. The van der Waals surface area contributed by atoms with E-state index in [4.69, 9.17) is 9.47 Å². The summed E-state index contributed by atoms with van der Waals surface area (Å²) in [4.78, 5) is 16.9. The van der Waals surface area contributed by atoms with Gasteiger partial charge in [-0.25, -0.2) is 4.79 Å². The third kappa shape index (κ3) is 6.31. The second kappa shape index (κ2) is 10.3. The average molecular weight is 449 g/mol. The van der Waals surface area contributed by atoms with Crippen molar-refractivity contribution in [3.8, 4) is 11.5 Å². The molecule has 2 aromatic rings. The number of para-hydroxylation sites is 1. The molecule has 1 saturated heterocycles. The van der Waals surface area contributed by atoms with Crippen LogP contribution in [0.4, 0.5) is 10.5 Å². The number of amides is 1. The van der Waals surface area contributed by atoms with E-state index in [1.807, 2.05) is 56.0 Å².